The molecule has 4 rings (SSSR count). The van der Waals surface area contributed by atoms with Crippen molar-refractivity contribution in [2.45, 2.75) is 17.9 Å². The highest BCUT2D eigenvalue weighted by molar-refractivity contribution is 8.00. The van der Waals surface area contributed by atoms with Crippen LogP contribution in [-0.4, -0.2) is 33.7 Å². The fourth-order valence-electron chi connectivity index (χ4n) is 2.97. The number of rotatable bonds is 5. The lowest BCUT2D eigenvalue weighted by Crippen LogP contribution is -2.26. The van der Waals surface area contributed by atoms with E-state index in [2.05, 4.69) is 20.2 Å². The van der Waals surface area contributed by atoms with Gasteiger partial charge in [-0.2, -0.15) is 0 Å². The van der Waals surface area contributed by atoms with Gasteiger partial charge in [-0.25, -0.2) is 4.98 Å². The third-order valence-electron chi connectivity index (χ3n) is 4.26. The number of hydrogen-bond acceptors (Lipinski definition) is 4. The van der Waals surface area contributed by atoms with Crippen LogP contribution in [0.3, 0.4) is 0 Å². The quantitative estimate of drug-likeness (QED) is 0.681. The summed E-state index contributed by atoms with van der Waals surface area (Å²) in [6.07, 6.45) is 2.64. The lowest BCUT2D eigenvalue weighted by molar-refractivity contribution is -0.113. The molecule has 2 aromatic carbocycles. The summed E-state index contributed by atoms with van der Waals surface area (Å²) in [7, 11) is 0. The minimum Gasteiger partial charge on any atom is -0.352 e. The van der Waals surface area contributed by atoms with E-state index in [0.29, 0.717) is 23.5 Å². The standard InChI is InChI=1S/C19H18N4O2S/c24-18-11-26-17-7-6-13(10-15(17)22-18)19(25)20-8-3-9-23-12-21-14-4-1-2-5-16(14)23/h1-2,4-7,10,12H,3,8-9,11H2,(H,20,25)(H,22,24). The molecule has 0 atom stereocenters. The van der Waals surface area contributed by atoms with Gasteiger partial charge in [0.05, 0.1) is 28.8 Å². The summed E-state index contributed by atoms with van der Waals surface area (Å²) >= 11 is 1.49. The maximum absolute atomic E-state index is 12.3. The molecule has 2 N–H and O–H groups in total. The van der Waals surface area contributed by atoms with Crippen LogP contribution in [0, 0.1) is 0 Å². The monoisotopic (exact) mass is 366 g/mol. The Morgan fingerprint density at radius 2 is 2.15 bits per heavy atom. The van der Waals surface area contributed by atoms with E-state index in [-0.39, 0.29) is 11.8 Å². The second-order valence-corrected chi connectivity index (χ2v) is 7.10. The second kappa shape index (κ2) is 7.21. The molecule has 0 saturated heterocycles. The van der Waals surface area contributed by atoms with Crippen LogP contribution >= 0.6 is 11.8 Å². The summed E-state index contributed by atoms with van der Waals surface area (Å²) in [5.41, 5.74) is 3.34. The van der Waals surface area contributed by atoms with E-state index in [1.165, 1.54) is 11.8 Å². The Hall–Kier alpha value is -2.80. The average Bonchev–Trinajstić information content (AvgIpc) is 3.07. The van der Waals surface area contributed by atoms with Gasteiger partial charge in [-0.05, 0) is 36.8 Å². The topological polar surface area (TPSA) is 76.0 Å². The van der Waals surface area contributed by atoms with E-state index in [9.17, 15) is 9.59 Å². The molecule has 0 spiro atoms. The Balaban J connectivity index is 1.33. The molecule has 2 amide bonds. The SMILES string of the molecule is O=C1CSc2ccc(C(=O)NCCCn3cnc4ccccc43)cc2N1. The van der Waals surface area contributed by atoms with E-state index in [0.717, 1.165) is 28.9 Å². The van der Waals surface area contributed by atoms with Crippen molar-refractivity contribution in [2.24, 2.45) is 0 Å². The van der Waals surface area contributed by atoms with Crippen molar-refractivity contribution in [3.05, 3.63) is 54.4 Å². The van der Waals surface area contributed by atoms with Gasteiger partial charge >= 0.3 is 0 Å². The first-order chi connectivity index (χ1) is 12.7. The molecule has 6 nitrogen and oxygen atoms in total. The molecule has 1 aliphatic rings. The molecule has 0 radical (unpaired) electrons. The molecular formula is C19H18N4O2S. The molecule has 0 aliphatic carbocycles. The number of benzene rings is 2. The van der Waals surface area contributed by atoms with Crippen LogP contribution in [0.4, 0.5) is 5.69 Å². The number of nitrogens with one attached hydrogen (secondary N) is 2. The molecule has 3 aromatic rings. The van der Waals surface area contributed by atoms with Gasteiger partial charge in [-0.15, -0.1) is 11.8 Å². The maximum atomic E-state index is 12.3. The van der Waals surface area contributed by atoms with Crippen molar-refractivity contribution in [3.8, 4) is 0 Å². The summed E-state index contributed by atoms with van der Waals surface area (Å²) in [6, 6.07) is 13.4. The van der Waals surface area contributed by atoms with Gasteiger partial charge in [0, 0.05) is 23.5 Å². The zero-order valence-electron chi connectivity index (χ0n) is 14.1. The van der Waals surface area contributed by atoms with Crippen LogP contribution < -0.4 is 10.6 Å². The van der Waals surface area contributed by atoms with Crippen LogP contribution in [0.15, 0.2) is 53.7 Å². The molecule has 1 aromatic heterocycles. The largest absolute Gasteiger partial charge is 0.352 e. The van der Waals surface area contributed by atoms with E-state index in [4.69, 9.17) is 0 Å². The number of carbonyl (C=O) groups excluding carboxylic acids is 2. The van der Waals surface area contributed by atoms with Crippen molar-refractivity contribution in [1.29, 1.82) is 0 Å². The second-order valence-electron chi connectivity index (χ2n) is 6.08. The Kier molecular flexibility index (Phi) is 4.62. The molecular weight excluding hydrogens is 348 g/mol. The first kappa shape index (κ1) is 16.7. The molecule has 7 heteroatoms. The van der Waals surface area contributed by atoms with Crippen LogP contribution in [0.1, 0.15) is 16.8 Å². The lowest BCUT2D eigenvalue weighted by atomic mass is 10.2. The number of amides is 2. The van der Waals surface area contributed by atoms with Crippen LogP contribution in [0.2, 0.25) is 0 Å². The highest BCUT2D eigenvalue weighted by Gasteiger charge is 2.17. The predicted octanol–water partition coefficient (Wildman–Crippen LogP) is 2.90. The van der Waals surface area contributed by atoms with Gasteiger partial charge in [0.1, 0.15) is 0 Å². The Labute approximate surface area is 155 Å². The number of thioether (sulfide) groups is 1. The number of aromatic nitrogens is 2. The smallest absolute Gasteiger partial charge is 0.251 e. The van der Waals surface area contributed by atoms with E-state index in [1.807, 2.05) is 36.7 Å². The summed E-state index contributed by atoms with van der Waals surface area (Å²) in [5.74, 6) is 0.252. The highest BCUT2D eigenvalue weighted by Crippen LogP contribution is 2.31. The molecule has 0 fully saturated rings. The number of aryl methyl sites for hydroxylation is 1. The lowest BCUT2D eigenvalue weighted by Gasteiger charge is -2.17. The van der Waals surface area contributed by atoms with Gasteiger partial charge in [0.2, 0.25) is 5.91 Å². The Morgan fingerprint density at radius 1 is 1.27 bits per heavy atom. The number of hydrogen-bond donors (Lipinski definition) is 2. The van der Waals surface area contributed by atoms with Gasteiger partial charge in [-0.1, -0.05) is 12.1 Å². The summed E-state index contributed by atoms with van der Waals surface area (Å²) in [5, 5.41) is 5.74. The zero-order valence-corrected chi connectivity index (χ0v) is 14.9. The molecule has 0 unspecified atom stereocenters. The molecule has 2 heterocycles. The number of fused-ring (bicyclic) bond motifs is 2. The van der Waals surface area contributed by atoms with Crippen molar-refractivity contribution in [1.82, 2.24) is 14.9 Å². The first-order valence-electron chi connectivity index (χ1n) is 8.45. The number of para-hydroxylation sites is 2. The maximum Gasteiger partial charge on any atom is 0.251 e. The minimum atomic E-state index is -0.131. The Morgan fingerprint density at radius 3 is 3.08 bits per heavy atom. The fourth-order valence-corrected chi connectivity index (χ4v) is 3.75. The number of imidazole rings is 1. The first-order valence-corrected chi connectivity index (χ1v) is 9.44. The number of carbonyl (C=O) groups is 2. The summed E-state index contributed by atoms with van der Waals surface area (Å²) < 4.78 is 2.09. The third kappa shape index (κ3) is 3.43. The highest BCUT2D eigenvalue weighted by atomic mass is 32.2. The zero-order chi connectivity index (χ0) is 17.9. The van der Waals surface area contributed by atoms with Crippen LogP contribution in [0.5, 0.6) is 0 Å². The fraction of sp³-hybridized carbons (Fsp3) is 0.211. The van der Waals surface area contributed by atoms with Gasteiger partial charge in [0.25, 0.3) is 5.91 Å². The molecule has 132 valence electrons. The third-order valence-corrected chi connectivity index (χ3v) is 5.34. The molecule has 0 saturated carbocycles. The summed E-state index contributed by atoms with van der Waals surface area (Å²) in [6.45, 7) is 1.36. The van der Waals surface area contributed by atoms with Gasteiger partial charge < -0.3 is 15.2 Å². The number of anilines is 1. The van der Waals surface area contributed by atoms with Crippen molar-refractivity contribution in [3.63, 3.8) is 0 Å². The van der Waals surface area contributed by atoms with Crippen molar-refractivity contribution >= 4 is 40.3 Å². The van der Waals surface area contributed by atoms with E-state index >= 15 is 0 Å². The minimum absolute atomic E-state index is 0.0346. The summed E-state index contributed by atoms with van der Waals surface area (Å²) in [4.78, 5) is 29.2. The average molecular weight is 366 g/mol. The van der Waals surface area contributed by atoms with E-state index in [1.54, 1.807) is 12.1 Å². The normalized spacial score (nSPS) is 13.3. The van der Waals surface area contributed by atoms with Gasteiger partial charge in [-0.3, -0.25) is 9.59 Å². The van der Waals surface area contributed by atoms with Crippen molar-refractivity contribution < 1.29 is 9.59 Å². The van der Waals surface area contributed by atoms with E-state index < -0.39 is 0 Å². The van der Waals surface area contributed by atoms with Crippen molar-refractivity contribution in [2.75, 3.05) is 17.6 Å². The predicted molar refractivity (Wildman–Crippen MR) is 102 cm³/mol. The molecule has 1 aliphatic heterocycles. The van der Waals surface area contributed by atoms with Crippen LogP contribution in [-0.2, 0) is 11.3 Å². The number of nitrogens with zero attached hydrogens (tertiary/aromatic N) is 2. The van der Waals surface area contributed by atoms with Crippen LogP contribution in [0.25, 0.3) is 11.0 Å². The molecule has 26 heavy (non-hydrogen) atoms. The molecule has 0 bridgehead atoms. The van der Waals surface area contributed by atoms with Gasteiger partial charge in [0.15, 0.2) is 0 Å². The Bertz CT molecular complexity index is 983.